The average Bonchev–Trinajstić information content (AvgIpc) is 3.11. The summed E-state index contributed by atoms with van der Waals surface area (Å²) in [5.41, 5.74) is 4.13. The summed E-state index contributed by atoms with van der Waals surface area (Å²) in [7, 11) is 0. The van der Waals surface area contributed by atoms with Gasteiger partial charge in [-0.05, 0) is 19.1 Å². The second-order valence-corrected chi connectivity index (χ2v) is 7.45. The van der Waals surface area contributed by atoms with Crippen molar-refractivity contribution in [2.24, 2.45) is 5.10 Å². The fourth-order valence-electron chi connectivity index (χ4n) is 2.42. The van der Waals surface area contributed by atoms with E-state index in [1.54, 1.807) is 18.2 Å². The number of thioether (sulfide) groups is 1. The number of hydrazone groups is 1. The smallest absolute Gasteiger partial charge is 0.250 e. The van der Waals surface area contributed by atoms with Crippen LogP contribution in [0.1, 0.15) is 12.5 Å². The van der Waals surface area contributed by atoms with Crippen molar-refractivity contribution < 1.29 is 4.79 Å². The second-order valence-electron chi connectivity index (χ2n) is 5.66. The predicted octanol–water partition coefficient (Wildman–Crippen LogP) is 4.51. The lowest BCUT2D eigenvalue weighted by atomic mass is 10.2. The van der Waals surface area contributed by atoms with Gasteiger partial charge in [0.25, 0.3) is 5.91 Å². The third kappa shape index (κ3) is 5.13. The lowest BCUT2D eigenvalue weighted by Crippen LogP contribution is -2.20. The zero-order valence-corrected chi connectivity index (χ0v) is 17.3. The van der Waals surface area contributed by atoms with Gasteiger partial charge in [0.1, 0.15) is 0 Å². The zero-order chi connectivity index (χ0) is 19.9. The van der Waals surface area contributed by atoms with Crippen LogP contribution in [0.3, 0.4) is 0 Å². The molecule has 1 aromatic heterocycles. The van der Waals surface area contributed by atoms with Crippen molar-refractivity contribution in [1.82, 2.24) is 20.2 Å². The van der Waals surface area contributed by atoms with Gasteiger partial charge in [-0.25, -0.2) is 5.43 Å². The molecule has 28 heavy (non-hydrogen) atoms. The highest BCUT2D eigenvalue weighted by atomic mass is 35.5. The van der Waals surface area contributed by atoms with Crippen molar-refractivity contribution in [3.05, 3.63) is 64.1 Å². The second kappa shape index (κ2) is 9.73. The third-order valence-corrected chi connectivity index (χ3v) is 5.28. The fraction of sp³-hybridized carbons (Fsp3) is 0.158. The molecule has 1 heterocycles. The van der Waals surface area contributed by atoms with E-state index in [0.29, 0.717) is 27.3 Å². The summed E-state index contributed by atoms with van der Waals surface area (Å²) in [6.45, 7) is 2.72. The fourth-order valence-corrected chi connectivity index (χ4v) is 3.68. The molecule has 0 saturated carbocycles. The first kappa shape index (κ1) is 20.4. The van der Waals surface area contributed by atoms with Gasteiger partial charge in [0.05, 0.1) is 17.0 Å². The van der Waals surface area contributed by atoms with Crippen LogP contribution in [0.2, 0.25) is 10.0 Å². The molecule has 144 valence electrons. The van der Waals surface area contributed by atoms with Gasteiger partial charge in [0.2, 0.25) is 0 Å². The van der Waals surface area contributed by atoms with E-state index >= 15 is 0 Å². The largest absolute Gasteiger partial charge is 0.302 e. The molecule has 1 N–H and O–H groups in total. The lowest BCUT2D eigenvalue weighted by molar-refractivity contribution is -0.118. The van der Waals surface area contributed by atoms with Crippen LogP contribution in [-0.4, -0.2) is 32.6 Å². The van der Waals surface area contributed by atoms with E-state index in [1.165, 1.54) is 18.0 Å². The van der Waals surface area contributed by atoms with Crippen LogP contribution >= 0.6 is 35.0 Å². The summed E-state index contributed by atoms with van der Waals surface area (Å²) in [4.78, 5) is 12.1. The minimum absolute atomic E-state index is 0.165. The lowest BCUT2D eigenvalue weighted by Gasteiger charge is -2.06. The molecule has 0 aliphatic heterocycles. The quantitative estimate of drug-likeness (QED) is 0.337. The Hall–Kier alpha value is -2.35. The van der Waals surface area contributed by atoms with E-state index in [0.717, 1.165) is 11.4 Å². The van der Waals surface area contributed by atoms with Gasteiger partial charge in [-0.15, -0.1) is 10.2 Å². The summed E-state index contributed by atoms with van der Waals surface area (Å²) < 4.78 is 1.98. The number of carbonyl (C=O) groups excluding carboxylic acids is 1. The molecule has 3 aromatic rings. The number of rotatable bonds is 7. The maximum atomic E-state index is 12.1. The molecule has 2 aromatic carbocycles. The average molecular weight is 434 g/mol. The number of hydrogen-bond acceptors (Lipinski definition) is 5. The summed E-state index contributed by atoms with van der Waals surface area (Å²) in [6.07, 6.45) is 1.48. The van der Waals surface area contributed by atoms with Crippen molar-refractivity contribution >= 4 is 47.1 Å². The Bertz CT molecular complexity index is 991. The van der Waals surface area contributed by atoms with Crippen molar-refractivity contribution in [2.45, 2.75) is 18.6 Å². The first-order chi connectivity index (χ1) is 13.6. The highest BCUT2D eigenvalue weighted by Gasteiger charge is 2.14. The molecule has 1 amide bonds. The maximum Gasteiger partial charge on any atom is 0.250 e. The highest BCUT2D eigenvalue weighted by molar-refractivity contribution is 7.99. The Morgan fingerprint density at radius 2 is 2.00 bits per heavy atom. The van der Waals surface area contributed by atoms with Crippen LogP contribution in [0.25, 0.3) is 11.4 Å². The van der Waals surface area contributed by atoms with Gasteiger partial charge >= 0.3 is 0 Å². The number of nitrogens with zero attached hydrogens (tertiary/aromatic N) is 4. The van der Waals surface area contributed by atoms with E-state index in [1.807, 2.05) is 41.8 Å². The van der Waals surface area contributed by atoms with E-state index in [9.17, 15) is 4.79 Å². The molecule has 3 rings (SSSR count). The molecule has 0 radical (unpaired) electrons. The summed E-state index contributed by atoms with van der Waals surface area (Å²) in [5.74, 6) is 0.693. The maximum absolute atomic E-state index is 12.1. The molecule has 0 unspecified atom stereocenters. The standard InChI is InChI=1S/C19H17Cl2N5OS/c1-2-26-18(13-6-4-3-5-7-13)24-25-19(26)28-12-17(27)23-22-11-14-8-9-15(20)10-16(14)21/h3-11H,2,12H2,1H3,(H,23,27)/b22-11+. The molecule has 6 nitrogen and oxygen atoms in total. The predicted molar refractivity (Wildman–Crippen MR) is 114 cm³/mol. The molecule has 0 fully saturated rings. The van der Waals surface area contributed by atoms with Crippen LogP contribution in [-0.2, 0) is 11.3 Å². The number of nitrogens with one attached hydrogen (secondary N) is 1. The van der Waals surface area contributed by atoms with Gasteiger partial charge in [0.15, 0.2) is 11.0 Å². The van der Waals surface area contributed by atoms with Gasteiger partial charge in [-0.2, -0.15) is 5.10 Å². The monoisotopic (exact) mass is 433 g/mol. The van der Waals surface area contributed by atoms with Crippen molar-refractivity contribution in [2.75, 3.05) is 5.75 Å². The molecule has 0 atom stereocenters. The Labute approximate surface area is 177 Å². The van der Waals surface area contributed by atoms with E-state index in [2.05, 4.69) is 20.7 Å². The Kier molecular flexibility index (Phi) is 7.08. The van der Waals surface area contributed by atoms with Gasteiger partial charge < -0.3 is 4.57 Å². The minimum Gasteiger partial charge on any atom is -0.302 e. The first-order valence-electron chi connectivity index (χ1n) is 8.47. The zero-order valence-electron chi connectivity index (χ0n) is 15.0. The van der Waals surface area contributed by atoms with Crippen molar-refractivity contribution in [1.29, 1.82) is 0 Å². The topological polar surface area (TPSA) is 72.2 Å². The highest BCUT2D eigenvalue weighted by Crippen LogP contribution is 2.23. The molecule has 0 aliphatic carbocycles. The third-order valence-electron chi connectivity index (χ3n) is 3.75. The Balaban J connectivity index is 1.59. The van der Waals surface area contributed by atoms with Crippen LogP contribution in [0.15, 0.2) is 58.8 Å². The normalized spacial score (nSPS) is 11.1. The summed E-state index contributed by atoms with van der Waals surface area (Å²) >= 11 is 13.2. The number of benzene rings is 2. The van der Waals surface area contributed by atoms with Crippen LogP contribution in [0.5, 0.6) is 0 Å². The number of hydrogen-bond donors (Lipinski definition) is 1. The van der Waals surface area contributed by atoms with E-state index in [-0.39, 0.29) is 11.7 Å². The van der Waals surface area contributed by atoms with Crippen LogP contribution < -0.4 is 5.43 Å². The molecule has 0 spiro atoms. The minimum atomic E-state index is -0.252. The molecule has 0 aliphatic rings. The summed E-state index contributed by atoms with van der Waals surface area (Å²) in [6, 6.07) is 14.9. The number of amides is 1. The molecular weight excluding hydrogens is 417 g/mol. The van der Waals surface area contributed by atoms with Crippen LogP contribution in [0.4, 0.5) is 0 Å². The number of carbonyl (C=O) groups is 1. The van der Waals surface area contributed by atoms with E-state index in [4.69, 9.17) is 23.2 Å². The van der Waals surface area contributed by atoms with E-state index < -0.39 is 0 Å². The Morgan fingerprint density at radius 3 is 2.71 bits per heavy atom. The Morgan fingerprint density at radius 1 is 1.21 bits per heavy atom. The molecular formula is C19H17Cl2N5OS. The SMILES string of the molecule is CCn1c(SCC(=O)N/N=C/c2ccc(Cl)cc2Cl)nnc1-c1ccccc1. The van der Waals surface area contributed by atoms with Gasteiger partial charge in [-0.3, -0.25) is 4.79 Å². The molecule has 9 heteroatoms. The first-order valence-corrected chi connectivity index (χ1v) is 10.2. The van der Waals surface area contributed by atoms with Gasteiger partial charge in [0, 0.05) is 22.7 Å². The number of halogens is 2. The molecule has 0 bridgehead atoms. The van der Waals surface area contributed by atoms with Crippen LogP contribution in [0, 0.1) is 0 Å². The number of aromatic nitrogens is 3. The summed E-state index contributed by atoms with van der Waals surface area (Å²) in [5, 5.41) is 14.1. The molecule has 0 saturated heterocycles. The van der Waals surface area contributed by atoms with Crippen molar-refractivity contribution in [3.63, 3.8) is 0 Å². The van der Waals surface area contributed by atoms with Gasteiger partial charge in [-0.1, -0.05) is 71.4 Å². The van der Waals surface area contributed by atoms with Crippen molar-refractivity contribution in [3.8, 4) is 11.4 Å².